The summed E-state index contributed by atoms with van der Waals surface area (Å²) in [6.07, 6.45) is 1.51. The Morgan fingerprint density at radius 1 is 1.19 bits per heavy atom. The third-order valence-electron chi connectivity index (χ3n) is 5.32. The standard InChI is InChI=1S/C22H26ClNO3/c1-14(2)15-6-8-16(9-7-15)21(24-12-4-5-19(24)22(25)26)18-13-17(23)10-11-20(18)27-3/h6-11,13-14,19,21H,4-5,12H2,1-3H3,(H,25,26). The average Bonchev–Trinajstić information content (AvgIpc) is 3.12. The van der Waals surface area contributed by atoms with Crippen LogP contribution in [0.2, 0.25) is 5.02 Å². The minimum absolute atomic E-state index is 0.219. The second-order valence-electron chi connectivity index (χ2n) is 7.34. The van der Waals surface area contributed by atoms with Crippen LogP contribution in [-0.4, -0.2) is 35.7 Å². The van der Waals surface area contributed by atoms with Crippen molar-refractivity contribution in [2.24, 2.45) is 0 Å². The summed E-state index contributed by atoms with van der Waals surface area (Å²) in [5.74, 6) is 0.377. The molecule has 0 saturated carbocycles. The van der Waals surface area contributed by atoms with Gasteiger partial charge in [-0.1, -0.05) is 49.7 Å². The summed E-state index contributed by atoms with van der Waals surface area (Å²) in [7, 11) is 1.63. The highest BCUT2D eigenvalue weighted by Crippen LogP contribution is 2.40. The van der Waals surface area contributed by atoms with Crippen LogP contribution in [0.25, 0.3) is 0 Å². The molecule has 27 heavy (non-hydrogen) atoms. The maximum absolute atomic E-state index is 11.8. The molecule has 0 aliphatic carbocycles. The summed E-state index contributed by atoms with van der Waals surface area (Å²) < 4.78 is 5.59. The second kappa shape index (κ2) is 8.32. The van der Waals surface area contributed by atoms with Crippen LogP contribution in [-0.2, 0) is 4.79 Å². The lowest BCUT2D eigenvalue weighted by molar-refractivity contribution is -0.142. The van der Waals surface area contributed by atoms with Gasteiger partial charge in [-0.3, -0.25) is 9.69 Å². The molecule has 0 radical (unpaired) electrons. The Hall–Kier alpha value is -2.04. The molecule has 2 aromatic carbocycles. The van der Waals surface area contributed by atoms with Crippen LogP contribution in [0.15, 0.2) is 42.5 Å². The zero-order valence-electron chi connectivity index (χ0n) is 16.0. The summed E-state index contributed by atoms with van der Waals surface area (Å²) in [5.41, 5.74) is 3.20. The number of aliphatic carboxylic acids is 1. The summed E-state index contributed by atoms with van der Waals surface area (Å²) >= 11 is 6.29. The molecule has 1 aliphatic heterocycles. The van der Waals surface area contributed by atoms with Gasteiger partial charge in [0.05, 0.1) is 13.2 Å². The van der Waals surface area contributed by atoms with E-state index in [1.807, 2.05) is 12.1 Å². The van der Waals surface area contributed by atoms with Gasteiger partial charge in [0.1, 0.15) is 11.8 Å². The van der Waals surface area contributed by atoms with E-state index in [1.54, 1.807) is 13.2 Å². The number of likely N-dealkylation sites (tertiary alicyclic amines) is 1. The molecule has 2 aromatic rings. The number of hydrogen-bond donors (Lipinski definition) is 1. The van der Waals surface area contributed by atoms with Gasteiger partial charge >= 0.3 is 5.97 Å². The van der Waals surface area contributed by atoms with Crippen molar-refractivity contribution in [2.45, 2.75) is 44.7 Å². The number of nitrogens with zero attached hydrogens (tertiary/aromatic N) is 1. The number of ether oxygens (including phenoxy) is 1. The first-order valence-electron chi connectivity index (χ1n) is 9.34. The zero-order chi connectivity index (χ0) is 19.6. The smallest absolute Gasteiger partial charge is 0.320 e. The molecule has 0 spiro atoms. The molecule has 2 unspecified atom stereocenters. The Labute approximate surface area is 165 Å². The van der Waals surface area contributed by atoms with Gasteiger partial charge in [0.25, 0.3) is 0 Å². The number of carboxylic acid groups (broad SMARTS) is 1. The number of carbonyl (C=O) groups is 1. The van der Waals surface area contributed by atoms with Gasteiger partial charge in [0.15, 0.2) is 0 Å². The minimum Gasteiger partial charge on any atom is -0.496 e. The monoisotopic (exact) mass is 387 g/mol. The molecule has 0 aromatic heterocycles. The van der Waals surface area contributed by atoms with Gasteiger partial charge in [0.2, 0.25) is 0 Å². The van der Waals surface area contributed by atoms with Crippen LogP contribution >= 0.6 is 11.6 Å². The highest BCUT2D eigenvalue weighted by Gasteiger charge is 2.38. The van der Waals surface area contributed by atoms with Crippen molar-refractivity contribution >= 4 is 17.6 Å². The SMILES string of the molecule is COc1ccc(Cl)cc1C(c1ccc(C(C)C)cc1)N1CCCC1C(=O)O. The highest BCUT2D eigenvalue weighted by atomic mass is 35.5. The van der Waals surface area contributed by atoms with E-state index in [0.717, 1.165) is 24.1 Å². The summed E-state index contributed by atoms with van der Waals surface area (Å²) in [6.45, 7) is 5.05. The Kier molecular flexibility index (Phi) is 6.08. The molecule has 3 rings (SSSR count). The van der Waals surface area contributed by atoms with Gasteiger partial charge in [-0.15, -0.1) is 0 Å². The van der Waals surface area contributed by atoms with Crippen molar-refractivity contribution in [3.8, 4) is 5.75 Å². The van der Waals surface area contributed by atoms with Crippen molar-refractivity contribution < 1.29 is 14.6 Å². The Balaban J connectivity index is 2.12. The molecular formula is C22H26ClNO3. The molecule has 0 bridgehead atoms. The van der Waals surface area contributed by atoms with Crippen LogP contribution < -0.4 is 4.74 Å². The number of halogens is 1. The molecule has 1 aliphatic rings. The fraction of sp³-hybridized carbons (Fsp3) is 0.409. The summed E-state index contributed by atoms with van der Waals surface area (Å²) in [6, 6.07) is 13.2. The van der Waals surface area contributed by atoms with E-state index in [9.17, 15) is 9.90 Å². The van der Waals surface area contributed by atoms with Gasteiger partial charge < -0.3 is 9.84 Å². The molecule has 0 amide bonds. The largest absolute Gasteiger partial charge is 0.496 e. The molecule has 1 fully saturated rings. The Morgan fingerprint density at radius 2 is 1.85 bits per heavy atom. The summed E-state index contributed by atoms with van der Waals surface area (Å²) in [4.78, 5) is 13.9. The lowest BCUT2D eigenvalue weighted by atomic mass is 9.93. The van der Waals surface area contributed by atoms with Crippen molar-refractivity contribution in [2.75, 3.05) is 13.7 Å². The maximum atomic E-state index is 11.8. The van der Waals surface area contributed by atoms with Crippen LogP contribution in [0.3, 0.4) is 0 Å². The van der Waals surface area contributed by atoms with Gasteiger partial charge in [0, 0.05) is 17.1 Å². The van der Waals surface area contributed by atoms with E-state index in [-0.39, 0.29) is 6.04 Å². The maximum Gasteiger partial charge on any atom is 0.320 e. The normalized spacial score (nSPS) is 18.6. The van der Waals surface area contributed by atoms with Crippen molar-refractivity contribution in [1.29, 1.82) is 0 Å². The molecule has 1 heterocycles. The van der Waals surface area contributed by atoms with E-state index < -0.39 is 12.0 Å². The average molecular weight is 388 g/mol. The molecular weight excluding hydrogens is 362 g/mol. The lowest BCUT2D eigenvalue weighted by Gasteiger charge is -2.33. The molecule has 2 atom stereocenters. The third kappa shape index (κ3) is 4.12. The van der Waals surface area contributed by atoms with E-state index in [1.165, 1.54) is 5.56 Å². The highest BCUT2D eigenvalue weighted by molar-refractivity contribution is 6.30. The topological polar surface area (TPSA) is 49.8 Å². The molecule has 1 saturated heterocycles. The first-order chi connectivity index (χ1) is 12.9. The second-order valence-corrected chi connectivity index (χ2v) is 7.78. The molecule has 1 N–H and O–H groups in total. The summed E-state index contributed by atoms with van der Waals surface area (Å²) in [5, 5.41) is 10.3. The number of benzene rings is 2. The van der Waals surface area contributed by atoms with Crippen molar-refractivity contribution in [3.05, 3.63) is 64.2 Å². The third-order valence-corrected chi connectivity index (χ3v) is 5.55. The van der Waals surface area contributed by atoms with E-state index in [0.29, 0.717) is 23.1 Å². The van der Waals surface area contributed by atoms with Gasteiger partial charge in [-0.2, -0.15) is 0 Å². The lowest BCUT2D eigenvalue weighted by Crippen LogP contribution is -2.39. The van der Waals surface area contributed by atoms with E-state index in [4.69, 9.17) is 16.3 Å². The van der Waals surface area contributed by atoms with E-state index >= 15 is 0 Å². The number of carboxylic acids is 1. The number of hydrogen-bond acceptors (Lipinski definition) is 3. The molecule has 4 nitrogen and oxygen atoms in total. The molecule has 5 heteroatoms. The fourth-order valence-electron chi connectivity index (χ4n) is 3.90. The zero-order valence-corrected chi connectivity index (χ0v) is 16.7. The van der Waals surface area contributed by atoms with Crippen LogP contribution in [0.5, 0.6) is 5.75 Å². The first kappa shape index (κ1) is 19.7. The van der Waals surface area contributed by atoms with Crippen LogP contribution in [0, 0.1) is 0 Å². The minimum atomic E-state index is -0.780. The first-order valence-corrected chi connectivity index (χ1v) is 9.72. The molecule has 144 valence electrons. The van der Waals surface area contributed by atoms with E-state index in [2.05, 4.69) is 43.0 Å². The fourth-order valence-corrected chi connectivity index (χ4v) is 4.08. The Morgan fingerprint density at radius 3 is 2.44 bits per heavy atom. The quantitative estimate of drug-likeness (QED) is 0.748. The van der Waals surface area contributed by atoms with Crippen LogP contribution in [0.1, 0.15) is 55.3 Å². The van der Waals surface area contributed by atoms with Crippen LogP contribution in [0.4, 0.5) is 0 Å². The van der Waals surface area contributed by atoms with Crippen molar-refractivity contribution in [3.63, 3.8) is 0 Å². The number of rotatable bonds is 6. The van der Waals surface area contributed by atoms with Gasteiger partial charge in [-0.05, 0) is 48.1 Å². The number of methoxy groups -OCH3 is 1. The predicted octanol–water partition coefficient (Wildman–Crippen LogP) is 5.11. The van der Waals surface area contributed by atoms with Gasteiger partial charge in [-0.25, -0.2) is 0 Å². The Bertz CT molecular complexity index is 804. The van der Waals surface area contributed by atoms with Crippen molar-refractivity contribution in [1.82, 2.24) is 4.90 Å². The predicted molar refractivity (Wildman–Crippen MR) is 108 cm³/mol.